The van der Waals surface area contributed by atoms with Crippen LogP contribution in [-0.4, -0.2) is 20.4 Å². The van der Waals surface area contributed by atoms with Crippen molar-refractivity contribution in [2.24, 2.45) is 0 Å². The third-order valence-electron chi connectivity index (χ3n) is 4.06. The van der Waals surface area contributed by atoms with Crippen LogP contribution in [0.1, 0.15) is 5.56 Å². The molecule has 0 aliphatic rings. The van der Waals surface area contributed by atoms with Crippen molar-refractivity contribution in [2.45, 2.75) is 6.54 Å². The van der Waals surface area contributed by atoms with Crippen LogP contribution in [0, 0.1) is 5.82 Å². The lowest BCUT2D eigenvalue weighted by Crippen LogP contribution is -2.03. The van der Waals surface area contributed by atoms with E-state index in [0.717, 1.165) is 16.8 Å². The molecular formula is C20H16FN5. The van der Waals surface area contributed by atoms with Gasteiger partial charge in [-0.15, -0.1) is 10.2 Å². The number of hydrogen-bond acceptors (Lipinski definition) is 4. The van der Waals surface area contributed by atoms with E-state index >= 15 is 0 Å². The van der Waals surface area contributed by atoms with Gasteiger partial charge in [0.1, 0.15) is 11.6 Å². The van der Waals surface area contributed by atoms with Crippen LogP contribution in [0.3, 0.4) is 0 Å². The molecule has 4 aromatic rings. The Balaban J connectivity index is 1.49. The van der Waals surface area contributed by atoms with Crippen LogP contribution in [-0.2, 0) is 6.54 Å². The molecule has 0 saturated carbocycles. The quantitative estimate of drug-likeness (QED) is 0.566. The Bertz CT molecular complexity index is 996. The van der Waals surface area contributed by atoms with Gasteiger partial charge in [0.2, 0.25) is 0 Å². The summed E-state index contributed by atoms with van der Waals surface area (Å²) in [5.74, 6) is 0.357. The average Bonchev–Trinajstić information content (AvgIpc) is 3.16. The smallest absolute Gasteiger partial charge is 0.148 e. The largest absolute Gasteiger partial charge is 0.364 e. The first-order valence-electron chi connectivity index (χ1n) is 8.21. The Morgan fingerprint density at radius 3 is 2.46 bits per heavy atom. The maximum atomic E-state index is 14.0. The van der Waals surface area contributed by atoms with Gasteiger partial charge in [-0.3, -0.25) is 5.10 Å². The molecule has 0 atom stereocenters. The van der Waals surface area contributed by atoms with E-state index in [9.17, 15) is 4.39 Å². The second kappa shape index (κ2) is 7.14. The highest BCUT2D eigenvalue weighted by Gasteiger charge is 2.11. The normalized spacial score (nSPS) is 10.7. The lowest BCUT2D eigenvalue weighted by Gasteiger charge is -2.07. The van der Waals surface area contributed by atoms with Gasteiger partial charge in [-0.25, -0.2) is 4.39 Å². The van der Waals surface area contributed by atoms with Crippen molar-refractivity contribution in [1.29, 1.82) is 0 Å². The highest BCUT2D eigenvalue weighted by Crippen LogP contribution is 2.24. The van der Waals surface area contributed by atoms with E-state index in [1.165, 1.54) is 6.07 Å². The summed E-state index contributed by atoms with van der Waals surface area (Å²) in [5.41, 5.74) is 3.83. The van der Waals surface area contributed by atoms with E-state index in [4.69, 9.17) is 0 Å². The third kappa shape index (κ3) is 3.30. The zero-order chi connectivity index (χ0) is 17.8. The molecule has 0 unspecified atom stereocenters. The maximum Gasteiger partial charge on any atom is 0.148 e. The van der Waals surface area contributed by atoms with Gasteiger partial charge in [0.05, 0.1) is 17.6 Å². The highest BCUT2D eigenvalue weighted by molar-refractivity contribution is 5.64. The van der Waals surface area contributed by atoms with Gasteiger partial charge >= 0.3 is 0 Å². The van der Waals surface area contributed by atoms with Crippen LogP contribution < -0.4 is 5.32 Å². The second-order valence-corrected chi connectivity index (χ2v) is 5.77. The average molecular weight is 345 g/mol. The van der Waals surface area contributed by atoms with Gasteiger partial charge < -0.3 is 5.32 Å². The number of aromatic amines is 1. The predicted octanol–water partition coefficient (Wildman–Crippen LogP) is 4.28. The molecule has 5 nitrogen and oxygen atoms in total. The van der Waals surface area contributed by atoms with Crippen LogP contribution in [0.2, 0.25) is 0 Å². The van der Waals surface area contributed by atoms with E-state index < -0.39 is 0 Å². The van der Waals surface area contributed by atoms with Crippen LogP contribution in [0.15, 0.2) is 72.9 Å². The second-order valence-electron chi connectivity index (χ2n) is 5.77. The molecule has 4 rings (SSSR count). The number of hydrogen-bond donors (Lipinski definition) is 2. The molecule has 2 aromatic heterocycles. The lowest BCUT2D eigenvalue weighted by atomic mass is 10.1. The van der Waals surface area contributed by atoms with Crippen LogP contribution in [0.4, 0.5) is 10.2 Å². The predicted molar refractivity (Wildman–Crippen MR) is 98.8 cm³/mol. The SMILES string of the molecule is Fc1ccccc1-c1[nH]ncc1CNc1ccc(-c2ccccc2)nn1. The third-order valence-corrected chi connectivity index (χ3v) is 4.06. The zero-order valence-corrected chi connectivity index (χ0v) is 13.9. The van der Waals surface area contributed by atoms with Crippen LogP contribution >= 0.6 is 0 Å². The zero-order valence-electron chi connectivity index (χ0n) is 13.9. The molecule has 0 fully saturated rings. The van der Waals surface area contributed by atoms with Gasteiger partial charge in [-0.2, -0.15) is 5.10 Å². The van der Waals surface area contributed by atoms with Gasteiger partial charge in [0.15, 0.2) is 0 Å². The monoisotopic (exact) mass is 345 g/mol. The Morgan fingerprint density at radius 1 is 0.885 bits per heavy atom. The van der Waals surface area contributed by atoms with Gasteiger partial charge in [0, 0.05) is 23.2 Å². The molecule has 26 heavy (non-hydrogen) atoms. The van der Waals surface area contributed by atoms with Crippen molar-refractivity contribution < 1.29 is 4.39 Å². The van der Waals surface area contributed by atoms with E-state index in [1.807, 2.05) is 42.5 Å². The Hall–Kier alpha value is -3.54. The van der Waals surface area contributed by atoms with E-state index in [0.29, 0.717) is 23.6 Å². The molecule has 2 aromatic carbocycles. The minimum Gasteiger partial charge on any atom is -0.364 e. The molecule has 0 saturated heterocycles. The first kappa shape index (κ1) is 16.0. The fourth-order valence-electron chi connectivity index (χ4n) is 2.72. The molecule has 0 aliphatic heterocycles. The van der Waals surface area contributed by atoms with Crippen molar-refractivity contribution in [2.75, 3.05) is 5.32 Å². The fourth-order valence-corrected chi connectivity index (χ4v) is 2.72. The van der Waals surface area contributed by atoms with E-state index in [-0.39, 0.29) is 5.82 Å². The first-order valence-corrected chi connectivity index (χ1v) is 8.21. The summed E-state index contributed by atoms with van der Waals surface area (Å²) < 4.78 is 14.0. The molecule has 0 aliphatic carbocycles. The molecule has 0 bridgehead atoms. The van der Waals surface area contributed by atoms with Crippen LogP contribution in [0.5, 0.6) is 0 Å². The number of aromatic nitrogens is 4. The maximum absolute atomic E-state index is 14.0. The summed E-state index contributed by atoms with van der Waals surface area (Å²) in [7, 11) is 0. The Morgan fingerprint density at radius 2 is 1.69 bits per heavy atom. The van der Waals surface area contributed by atoms with Crippen molar-refractivity contribution in [1.82, 2.24) is 20.4 Å². The number of anilines is 1. The molecule has 0 spiro atoms. The van der Waals surface area contributed by atoms with Gasteiger partial charge in [0.25, 0.3) is 0 Å². The van der Waals surface area contributed by atoms with Gasteiger partial charge in [-0.1, -0.05) is 42.5 Å². The fraction of sp³-hybridized carbons (Fsp3) is 0.0500. The summed E-state index contributed by atoms with van der Waals surface area (Å²) >= 11 is 0. The topological polar surface area (TPSA) is 66.5 Å². The highest BCUT2D eigenvalue weighted by atomic mass is 19.1. The van der Waals surface area contributed by atoms with E-state index in [1.54, 1.807) is 24.4 Å². The summed E-state index contributed by atoms with van der Waals surface area (Å²) in [4.78, 5) is 0. The molecule has 0 radical (unpaired) electrons. The minimum absolute atomic E-state index is 0.287. The number of nitrogens with one attached hydrogen (secondary N) is 2. The number of rotatable bonds is 5. The van der Waals surface area contributed by atoms with Crippen LogP contribution in [0.25, 0.3) is 22.5 Å². The summed E-state index contributed by atoms with van der Waals surface area (Å²) in [6.07, 6.45) is 1.68. The molecule has 2 N–H and O–H groups in total. The number of H-pyrrole nitrogens is 1. The van der Waals surface area contributed by atoms with Crippen molar-refractivity contribution in [3.05, 3.63) is 84.3 Å². The minimum atomic E-state index is -0.287. The summed E-state index contributed by atoms with van der Waals surface area (Å²) in [5, 5.41) is 18.6. The number of benzene rings is 2. The Kier molecular flexibility index (Phi) is 4.38. The molecule has 2 heterocycles. The first-order chi connectivity index (χ1) is 12.8. The van der Waals surface area contributed by atoms with E-state index in [2.05, 4.69) is 25.7 Å². The lowest BCUT2D eigenvalue weighted by molar-refractivity contribution is 0.630. The van der Waals surface area contributed by atoms with Crippen molar-refractivity contribution in [3.8, 4) is 22.5 Å². The van der Waals surface area contributed by atoms with Crippen molar-refractivity contribution in [3.63, 3.8) is 0 Å². The molecule has 128 valence electrons. The number of nitrogens with zero attached hydrogens (tertiary/aromatic N) is 3. The molecule has 6 heteroatoms. The standard InChI is InChI=1S/C20H16FN5/c21-17-9-5-4-8-16(17)20-15(13-23-26-20)12-22-19-11-10-18(24-25-19)14-6-2-1-3-7-14/h1-11,13H,12H2,(H,22,25)(H,23,26). The summed E-state index contributed by atoms with van der Waals surface area (Å²) in [6, 6.07) is 20.3. The van der Waals surface area contributed by atoms with Gasteiger partial charge in [-0.05, 0) is 24.3 Å². The Labute approximate surface area is 149 Å². The number of halogens is 1. The molecule has 0 amide bonds. The molecular weight excluding hydrogens is 329 g/mol. The summed E-state index contributed by atoms with van der Waals surface area (Å²) in [6.45, 7) is 0.458. The van der Waals surface area contributed by atoms with Crippen molar-refractivity contribution >= 4 is 5.82 Å².